The lowest BCUT2D eigenvalue weighted by atomic mass is 10.5. The van der Waals surface area contributed by atoms with Crippen LogP contribution >= 0.6 is 23.1 Å². The van der Waals surface area contributed by atoms with Gasteiger partial charge in [0.2, 0.25) is 5.95 Å². The molecule has 0 saturated carbocycles. The van der Waals surface area contributed by atoms with Crippen molar-refractivity contribution >= 4 is 40.2 Å². The fourth-order valence-electron chi connectivity index (χ4n) is 1.36. The summed E-state index contributed by atoms with van der Waals surface area (Å²) in [6, 6.07) is 0. The zero-order chi connectivity index (χ0) is 11.8. The zero-order valence-corrected chi connectivity index (χ0v) is 10.5. The number of nitrogens with two attached hydrogens (primary N) is 1. The first kappa shape index (κ1) is 10.5. The Labute approximate surface area is 105 Å². The van der Waals surface area contributed by atoms with Crippen molar-refractivity contribution in [2.45, 2.75) is 16.3 Å². The van der Waals surface area contributed by atoms with Crippen LogP contribution in [0, 0.1) is 6.92 Å². The van der Waals surface area contributed by atoms with E-state index in [-0.39, 0.29) is 5.95 Å². The van der Waals surface area contributed by atoms with E-state index >= 15 is 0 Å². The third-order valence-corrected chi connectivity index (χ3v) is 4.10. The van der Waals surface area contributed by atoms with Gasteiger partial charge in [0.05, 0.1) is 6.33 Å². The molecule has 3 N–H and O–H groups in total. The predicted molar refractivity (Wildman–Crippen MR) is 67.1 cm³/mol. The highest BCUT2D eigenvalue weighted by Gasteiger charge is 2.11. The first-order valence-corrected chi connectivity index (χ1v) is 6.48. The molecule has 0 unspecified atom stereocenters. The molecule has 3 aromatic rings. The predicted octanol–water partition coefficient (Wildman–Crippen LogP) is 1.85. The second-order valence-electron chi connectivity index (χ2n) is 3.34. The van der Waals surface area contributed by atoms with Gasteiger partial charge in [-0.25, -0.2) is 15.0 Å². The number of anilines is 1. The Morgan fingerprint density at radius 3 is 3.00 bits per heavy atom. The van der Waals surface area contributed by atoms with Crippen LogP contribution in [-0.2, 0) is 0 Å². The smallest absolute Gasteiger partial charge is 0.223 e. The van der Waals surface area contributed by atoms with E-state index in [0.717, 1.165) is 20.6 Å². The molecule has 86 valence electrons. The summed E-state index contributed by atoms with van der Waals surface area (Å²) < 4.78 is 0.927. The van der Waals surface area contributed by atoms with Crippen molar-refractivity contribution in [2.75, 3.05) is 5.73 Å². The first-order chi connectivity index (χ1) is 8.22. The van der Waals surface area contributed by atoms with E-state index in [1.807, 2.05) is 12.3 Å². The van der Waals surface area contributed by atoms with Crippen molar-refractivity contribution in [2.24, 2.45) is 0 Å². The van der Waals surface area contributed by atoms with E-state index in [1.165, 1.54) is 11.8 Å². The molecular weight excluding hydrogens is 256 g/mol. The molecule has 8 heteroatoms. The Balaban J connectivity index is 2.07. The quantitative estimate of drug-likeness (QED) is 0.686. The van der Waals surface area contributed by atoms with Gasteiger partial charge in [-0.15, -0.1) is 11.3 Å². The second-order valence-corrected chi connectivity index (χ2v) is 5.44. The van der Waals surface area contributed by atoms with Gasteiger partial charge in [0, 0.05) is 11.1 Å². The summed E-state index contributed by atoms with van der Waals surface area (Å²) in [5.74, 6) is 0.223. The van der Waals surface area contributed by atoms with Crippen molar-refractivity contribution < 1.29 is 0 Å². The molecule has 3 heterocycles. The molecular formula is C9H8N6S2. The van der Waals surface area contributed by atoms with Crippen molar-refractivity contribution in [3.63, 3.8) is 0 Å². The molecule has 17 heavy (non-hydrogen) atoms. The van der Waals surface area contributed by atoms with Crippen molar-refractivity contribution in [1.82, 2.24) is 24.9 Å². The lowest BCUT2D eigenvalue weighted by molar-refractivity contribution is 1.09. The number of aryl methyl sites for hydroxylation is 1. The van der Waals surface area contributed by atoms with Crippen LogP contribution in [0.2, 0.25) is 0 Å². The Morgan fingerprint density at radius 1 is 1.35 bits per heavy atom. The van der Waals surface area contributed by atoms with Crippen LogP contribution in [0.15, 0.2) is 21.1 Å². The molecule has 0 saturated heterocycles. The number of H-pyrrole nitrogens is 1. The summed E-state index contributed by atoms with van der Waals surface area (Å²) in [5.41, 5.74) is 8.00. The first-order valence-electron chi connectivity index (χ1n) is 4.79. The Kier molecular flexibility index (Phi) is 2.45. The molecule has 3 aromatic heterocycles. The van der Waals surface area contributed by atoms with Gasteiger partial charge in [-0.2, -0.15) is 4.98 Å². The van der Waals surface area contributed by atoms with Crippen molar-refractivity contribution in [3.8, 4) is 0 Å². The number of fused-ring (bicyclic) bond motifs is 1. The van der Waals surface area contributed by atoms with E-state index < -0.39 is 0 Å². The van der Waals surface area contributed by atoms with Crippen molar-refractivity contribution in [1.29, 1.82) is 0 Å². The summed E-state index contributed by atoms with van der Waals surface area (Å²) in [5, 5.41) is 2.75. The number of rotatable bonds is 2. The molecule has 0 radical (unpaired) electrons. The number of imidazole rings is 1. The fourth-order valence-corrected chi connectivity index (χ4v) is 3.20. The lowest BCUT2D eigenvalue weighted by Gasteiger charge is -1.99. The Bertz CT molecular complexity index is 673. The average molecular weight is 264 g/mol. The van der Waals surface area contributed by atoms with Gasteiger partial charge in [0.25, 0.3) is 0 Å². The SMILES string of the molecule is Cc1csc(Sc2nc(N)nc3nc[nH]c23)n1. The summed E-state index contributed by atoms with van der Waals surface area (Å²) >= 11 is 3.04. The zero-order valence-electron chi connectivity index (χ0n) is 8.84. The van der Waals surface area contributed by atoms with Crippen LogP contribution in [-0.4, -0.2) is 24.9 Å². The highest BCUT2D eigenvalue weighted by molar-refractivity contribution is 8.01. The van der Waals surface area contributed by atoms with E-state index in [0.29, 0.717) is 5.65 Å². The summed E-state index contributed by atoms with van der Waals surface area (Å²) in [6.45, 7) is 1.96. The number of aromatic nitrogens is 5. The minimum Gasteiger partial charge on any atom is -0.368 e. The number of nitrogen functional groups attached to an aromatic ring is 1. The molecule has 0 aliphatic rings. The summed E-state index contributed by atoms with van der Waals surface area (Å²) in [4.78, 5) is 19.7. The van der Waals surface area contributed by atoms with E-state index in [2.05, 4.69) is 24.9 Å². The number of nitrogens with zero attached hydrogens (tertiary/aromatic N) is 4. The highest BCUT2D eigenvalue weighted by atomic mass is 32.2. The van der Waals surface area contributed by atoms with E-state index in [9.17, 15) is 0 Å². The number of thiazole rings is 1. The van der Waals surface area contributed by atoms with E-state index in [1.54, 1.807) is 17.7 Å². The minimum atomic E-state index is 0.223. The van der Waals surface area contributed by atoms with Crippen LogP contribution in [0.4, 0.5) is 5.95 Å². The number of hydrogen-bond donors (Lipinski definition) is 2. The van der Waals surface area contributed by atoms with Crippen LogP contribution < -0.4 is 5.73 Å². The number of hydrogen-bond acceptors (Lipinski definition) is 7. The molecule has 0 aromatic carbocycles. The third kappa shape index (κ3) is 1.96. The topological polar surface area (TPSA) is 93.4 Å². The Hall–Kier alpha value is -1.67. The van der Waals surface area contributed by atoms with Gasteiger partial charge < -0.3 is 10.7 Å². The van der Waals surface area contributed by atoms with Gasteiger partial charge in [-0.05, 0) is 18.7 Å². The molecule has 0 bridgehead atoms. The average Bonchev–Trinajstić information content (AvgIpc) is 2.87. The molecule has 0 spiro atoms. The molecule has 0 atom stereocenters. The Morgan fingerprint density at radius 2 is 2.24 bits per heavy atom. The molecule has 0 amide bonds. The fraction of sp³-hybridized carbons (Fsp3) is 0.111. The minimum absolute atomic E-state index is 0.223. The van der Waals surface area contributed by atoms with Gasteiger partial charge >= 0.3 is 0 Å². The normalized spacial score (nSPS) is 11.1. The van der Waals surface area contributed by atoms with Gasteiger partial charge in [0.1, 0.15) is 10.5 Å². The highest BCUT2D eigenvalue weighted by Crippen LogP contribution is 2.32. The number of aromatic amines is 1. The molecule has 0 aliphatic heterocycles. The van der Waals surface area contributed by atoms with Gasteiger partial charge in [0.15, 0.2) is 9.99 Å². The van der Waals surface area contributed by atoms with E-state index in [4.69, 9.17) is 5.73 Å². The molecule has 6 nitrogen and oxygen atoms in total. The maximum atomic E-state index is 5.64. The molecule has 0 fully saturated rings. The van der Waals surface area contributed by atoms with Crippen LogP contribution in [0.5, 0.6) is 0 Å². The molecule has 0 aliphatic carbocycles. The van der Waals surface area contributed by atoms with Gasteiger partial charge in [-0.3, -0.25) is 0 Å². The number of nitrogens with one attached hydrogen (secondary N) is 1. The largest absolute Gasteiger partial charge is 0.368 e. The van der Waals surface area contributed by atoms with Crippen LogP contribution in [0.3, 0.4) is 0 Å². The third-order valence-electron chi connectivity index (χ3n) is 2.05. The standard InChI is InChI=1S/C9H8N6S2/c1-4-2-16-9(13-4)17-7-5-6(12-3-11-5)14-8(10)15-7/h2-3H,1H3,(H3,10,11,12,14,15). The maximum absolute atomic E-state index is 5.64. The maximum Gasteiger partial charge on any atom is 0.223 e. The van der Waals surface area contributed by atoms with Crippen LogP contribution in [0.1, 0.15) is 5.69 Å². The van der Waals surface area contributed by atoms with Crippen molar-refractivity contribution in [3.05, 3.63) is 17.4 Å². The summed E-state index contributed by atoms with van der Waals surface area (Å²) in [7, 11) is 0. The molecule has 3 rings (SSSR count). The van der Waals surface area contributed by atoms with Gasteiger partial charge in [-0.1, -0.05) is 0 Å². The summed E-state index contributed by atoms with van der Waals surface area (Å²) in [6.07, 6.45) is 1.58. The van der Waals surface area contributed by atoms with Crippen LogP contribution in [0.25, 0.3) is 11.2 Å². The lowest BCUT2D eigenvalue weighted by Crippen LogP contribution is -1.96. The second kappa shape index (κ2) is 3.97. The monoisotopic (exact) mass is 264 g/mol.